The zero-order chi connectivity index (χ0) is 14.1. The molecule has 1 atom stereocenters. The molecule has 1 amide bonds. The molecule has 1 unspecified atom stereocenters. The van der Waals surface area contributed by atoms with Crippen molar-refractivity contribution in [2.24, 2.45) is 0 Å². The van der Waals surface area contributed by atoms with Crippen molar-refractivity contribution in [1.29, 1.82) is 0 Å². The first-order valence-electron chi connectivity index (χ1n) is 6.44. The van der Waals surface area contributed by atoms with Gasteiger partial charge in [-0.1, -0.05) is 23.7 Å². The first-order valence-corrected chi connectivity index (χ1v) is 6.82. The van der Waals surface area contributed by atoms with Crippen LogP contribution in [0.2, 0.25) is 5.02 Å². The minimum atomic E-state index is -0.496. The van der Waals surface area contributed by atoms with Crippen molar-refractivity contribution in [2.75, 3.05) is 5.32 Å². The Balaban J connectivity index is 1.71. The summed E-state index contributed by atoms with van der Waals surface area (Å²) in [6, 6.07) is 13.1. The van der Waals surface area contributed by atoms with Gasteiger partial charge >= 0.3 is 0 Å². The fourth-order valence-corrected chi connectivity index (χ4v) is 2.50. The second-order valence-electron chi connectivity index (χ2n) is 4.92. The van der Waals surface area contributed by atoms with E-state index in [9.17, 15) is 4.79 Å². The standard InChI is InChI=1S/C16H14ClNO2/c1-10-3-2-4-13(7-10)18-16(19)15-9-11-8-12(17)5-6-14(11)20-15/h2-8,15H,9H2,1H3,(H,18,19). The molecule has 0 radical (unpaired) electrons. The number of fused-ring (bicyclic) bond motifs is 1. The number of ether oxygens (including phenoxy) is 1. The van der Waals surface area contributed by atoms with Gasteiger partial charge in [-0.15, -0.1) is 0 Å². The van der Waals surface area contributed by atoms with Gasteiger partial charge in [0.1, 0.15) is 5.75 Å². The Labute approximate surface area is 122 Å². The molecule has 2 aromatic carbocycles. The molecule has 1 N–H and O–H groups in total. The topological polar surface area (TPSA) is 38.3 Å². The third kappa shape index (κ3) is 2.63. The fourth-order valence-electron chi connectivity index (χ4n) is 2.31. The lowest BCUT2D eigenvalue weighted by Gasteiger charge is -2.11. The highest BCUT2D eigenvalue weighted by molar-refractivity contribution is 6.30. The van der Waals surface area contributed by atoms with Crippen LogP contribution in [0.5, 0.6) is 5.75 Å². The van der Waals surface area contributed by atoms with E-state index in [1.807, 2.05) is 37.3 Å². The van der Waals surface area contributed by atoms with Crippen LogP contribution in [-0.4, -0.2) is 12.0 Å². The number of nitrogens with one attached hydrogen (secondary N) is 1. The lowest BCUT2D eigenvalue weighted by Crippen LogP contribution is -2.31. The van der Waals surface area contributed by atoms with Gasteiger partial charge < -0.3 is 10.1 Å². The number of rotatable bonds is 2. The van der Waals surface area contributed by atoms with Crippen LogP contribution in [-0.2, 0) is 11.2 Å². The average molecular weight is 288 g/mol. The van der Waals surface area contributed by atoms with Gasteiger partial charge in [-0.3, -0.25) is 4.79 Å². The summed E-state index contributed by atoms with van der Waals surface area (Å²) in [6.45, 7) is 1.99. The largest absolute Gasteiger partial charge is 0.480 e. The summed E-state index contributed by atoms with van der Waals surface area (Å²) in [4.78, 5) is 12.2. The molecule has 1 aliphatic heterocycles. The monoisotopic (exact) mass is 287 g/mol. The lowest BCUT2D eigenvalue weighted by atomic mass is 10.1. The summed E-state index contributed by atoms with van der Waals surface area (Å²) in [5.41, 5.74) is 2.86. The molecular weight excluding hydrogens is 274 g/mol. The van der Waals surface area contributed by atoms with Gasteiger partial charge in [0.05, 0.1) is 0 Å². The van der Waals surface area contributed by atoms with E-state index in [4.69, 9.17) is 16.3 Å². The highest BCUT2D eigenvalue weighted by Gasteiger charge is 2.29. The molecular formula is C16H14ClNO2. The van der Waals surface area contributed by atoms with Gasteiger partial charge in [0.15, 0.2) is 6.10 Å². The SMILES string of the molecule is Cc1cccc(NC(=O)C2Cc3cc(Cl)ccc3O2)c1. The van der Waals surface area contributed by atoms with Crippen LogP contribution in [0.4, 0.5) is 5.69 Å². The highest BCUT2D eigenvalue weighted by atomic mass is 35.5. The molecule has 0 aromatic heterocycles. The number of carbonyl (C=O) groups is 1. The number of hydrogen-bond acceptors (Lipinski definition) is 2. The van der Waals surface area contributed by atoms with Crippen LogP contribution in [0.3, 0.4) is 0 Å². The van der Waals surface area contributed by atoms with E-state index in [-0.39, 0.29) is 5.91 Å². The first-order chi connectivity index (χ1) is 9.61. The molecule has 3 rings (SSSR count). The third-order valence-corrected chi connectivity index (χ3v) is 3.51. The van der Waals surface area contributed by atoms with Crippen LogP contribution in [0.15, 0.2) is 42.5 Å². The summed E-state index contributed by atoms with van der Waals surface area (Å²) in [7, 11) is 0. The molecule has 4 heteroatoms. The van der Waals surface area contributed by atoms with Crippen LogP contribution in [0, 0.1) is 6.92 Å². The van der Waals surface area contributed by atoms with Crippen LogP contribution >= 0.6 is 11.6 Å². The summed E-state index contributed by atoms with van der Waals surface area (Å²) >= 11 is 5.94. The fraction of sp³-hybridized carbons (Fsp3) is 0.188. The van der Waals surface area contributed by atoms with Gasteiger partial charge in [-0.2, -0.15) is 0 Å². The molecule has 0 bridgehead atoms. The van der Waals surface area contributed by atoms with Gasteiger partial charge in [0.25, 0.3) is 5.91 Å². The predicted octanol–water partition coefficient (Wildman–Crippen LogP) is 3.59. The van der Waals surface area contributed by atoms with Gasteiger partial charge in [-0.05, 0) is 48.4 Å². The van der Waals surface area contributed by atoms with Crippen molar-refractivity contribution >= 4 is 23.2 Å². The van der Waals surface area contributed by atoms with Crippen LogP contribution < -0.4 is 10.1 Å². The predicted molar refractivity (Wildman–Crippen MR) is 79.4 cm³/mol. The average Bonchev–Trinajstić information content (AvgIpc) is 2.81. The maximum atomic E-state index is 12.2. The van der Waals surface area contributed by atoms with E-state index < -0.39 is 6.10 Å². The quantitative estimate of drug-likeness (QED) is 0.917. The number of halogens is 1. The van der Waals surface area contributed by atoms with Crippen LogP contribution in [0.25, 0.3) is 0 Å². The van der Waals surface area contributed by atoms with E-state index in [0.29, 0.717) is 11.4 Å². The molecule has 0 saturated carbocycles. The molecule has 0 saturated heterocycles. The summed E-state index contributed by atoms with van der Waals surface area (Å²) in [5.74, 6) is 0.599. The summed E-state index contributed by atoms with van der Waals surface area (Å²) in [6.07, 6.45) is 0.0528. The second-order valence-corrected chi connectivity index (χ2v) is 5.36. The lowest BCUT2D eigenvalue weighted by molar-refractivity contribution is -0.122. The molecule has 0 fully saturated rings. The maximum absolute atomic E-state index is 12.2. The van der Waals surface area contributed by atoms with Crippen molar-refractivity contribution in [3.05, 3.63) is 58.6 Å². The Morgan fingerprint density at radius 3 is 2.95 bits per heavy atom. The summed E-state index contributed by atoms with van der Waals surface area (Å²) in [5, 5.41) is 3.54. The number of amides is 1. The minimum absolute atomic E-state index is 0.136. The highest BCUT2D eigenvalue weighted by Crippen LogP contribution is 2.31. The van der Waals surface area contributed by atoms with E-state index in [1.54, 1.807) is 12.1 Å². The second kappa shape index (κ2) is 5.17. The van der Waals surface area contributed by atoms with Crippen molar-refractivity contribution < 1.29 is 9.53 Å². The molecule has 0 spiro atoms. The molecule has 2 aromatic rings. The van der Waals surface area contributed by atoms with Crippen molar-refractivity contribution in [3.63, 3.8) is 0 Å². The number of anilines is 1. The van der Waals surface area contributed by atoms with Gasteiger partial charge in [0, 0.05) is 17.1 Å². The smallest absolute Gasteiger partial charge is 0.265 e. The molecule has 102 valence electrons. The summed E-state index contributed by atoms with van der Waals surface area (Å²) < 4.78 is 5.66. The molecule has 1 aliphatic rings. The zero-order valence-corrected chi connectivity index (χ0v) is 11.8. The van der Waals surface area contributed by atoms with E-state index in [0.717, 1.165) is 22.6 Å². The normalized spacial score (nSPS) is 16.4. The van der Waals surface area contributed by atoms with Gasteiger partial charge in [0.2, 0.25) is 0 Å². The Morgan fingerprint density at radius 2 is 2.15 bits per heavy atom. The van der Waals surface area contributed by atoms with Crippen molar-refractivity contribution in [1.82, 2.24) is 0 Å². The zero-order valence-electron chi connectivity index (χ0n) is 11.0. The van der Waals surface area contributed by atoms with Crippen LogP contribution in [0.1, 0.15) is 11.1 Å². The number of carbonyl (C=O) groups excluding carboxylic acids is 1. The van der Waals surface area contributed by atoms with Gasteiger partial charge in [-0.25, -0.2) is 0 Å². The Morgan fingerprint density at radius 1 is 1.30 bits per heavy atom. The number of hydrogen-bond donors (Lipinski definition) is 1. The molecule has 1 heterocycles. The third-order valence-electron chi connectivity index (χ3n) is 3.28. The van der Waals surface area contributed by atoms with E-state index in [2.05, 4.69) is 5.32 Å². The van der Waals surface area contributed by atoms with E-state index >= 15 is 0 Å². The maximum Gasteiger partial charge on any atom is 0.265 e. The molecule has 20 heavy (non-hydrogen) atoms. The van der Waals surface area contributed by atoms with Crippen molar-refractivity contribution in [2.45, 2.75) is 19.4 Å². The van der Waals surface area contributed by atoms with Crippen molar-refractivity contribution in [3.8, 4) is 5.75 Å². The Bertz CT molecular complexity index is 669. The molecule has 3 nitrogen and oxygen atoms in total. The number of aryl methyl sites for hydroxylation is 1. The number of benzene rings is 2. The molecule has 0 aliphatic carbocycles. The Kier molecular flexibility index (Phi) is 3.36. The van der Waals surface area contributed by atoms with E-state index in [1.165, 1.54) is 0 Å². The Hall–Kier alpha value is -2.00. The first kappa shape index (κ1) is 13.0. The minimum Gasteiger partial charge on any atom is -0.480 e.